The van der Waals surface area contributed by atoms with Gasteiger partial charge in [-0.1, -0.05) is 140 Å². The first-order valence-electron chi connectivity index (χ1n) is 16.7. The summed E-state index contributed by atoms with van der Waals surface area (Å²) in [5.74, 6) is 0. The third-order valence-corrected chi connectivity index (χ3v) is 9.77. The Hall–Kier alpha value is -6.58. The molecule has 0 aliphatic rings. The Morgan fingerprint density at radius 1 is 0.388 bits per heavy atom. The molecule has 49 heavy (non-hydrogen) atoms. The maximum Gasteiger partial charge on any atom is 0.159 e. The van der Waals surface area contributed by atoms with E-state index in [0.29, 0.717) is 0 Å². The fourth-order valence-electron chi connectivity index (χ4n) is 7.63. The molecule has 230 valence electrons. The van der Waals surface area contributed by atoms with E-state index >= 15 is 0 Å². The van der Waals surface area contributed by atoms with Crippen molar-refractivity contribution in [1.82, 2.24) is 4.57 Å². The van der Waals surface area contributed by atoms with E-state index in [-0.39, 0.29) is 0 Å². The normalized spacial score (nSPS) is 11.7. The summed E-state index contributed by atoms with van der Waals surface area (Å²) in [6, 6.07) is 64.8. The van der Waals surface area contributed by atoms with Gasteiger partial charge in [0.2, 0.25) is 0 Å². The minimum absolute atomic E-state index is 0.857. The minimum Gasteiger partial charge on any atom is -0.453 e. The van der Waals surface area contributed by atoms with Crippen molar-refractivity contribution in [1.29, 1.82) is 0 Å². The predicted molar refractivity (Wildman–Crippen MR) is 206 cm³/mol. The Morgan fingerprint density at radius 3 is 1.86 bits per heavy atom. The molecule has 0 fully saturated rings. The van der Waals surface area contributed by atoms with Crippen LogP contribution in [0.15, 0.2) is 186 Å². The first-order chi connectivity index (χ1) is 24.3. The number of nitrogens with zero attached hydrogens (tertiary/aromatic N) is 2. The number of rotatable bonds is 5. The van der Waals surface area contributed by atoms with Gasteiger partial charge in [-0.2, -0.15) is 0 Å². The largest absolute Gasteiger partial charge is 0.453 e. The van der Waals surface area contributed by atoms with E-state index in [0.717, 1.165) is 66.7 Å². The molecule has 0 saturated carbocycles. The van der Waals surface area contributed by atoms with Gasteiger partial charge >= 0.3 is 0 Å². The molecule has 0 spiro atoms. The van der Waals surface area contributed by atoms with Crippen LogP contribution in [0.3, 0.4) is 0 Å². The Kier molecular flexibility index (Phi) is 6.18. The second kappa shape index (κ2) is 11.0. The van der Waals surface area contributed by atoms with Crippen LogP contribution in [0.25, 0.3) is 71.3 Å². The van der Waals surface area contributed by atoms with Gasteiger partial charge < -0.3 is 13.9 Å². The summed E-state index contributed by atoms with van der Waals surface area (Å²) >= 11 is 0. The predicted octanol–water partition coefficient (Wildman–Crippen LogP) is 13.0. The standard InChI is InChI=1S/C46H30N2O/c1-3-15-31(16-4-1)34-20-9-11-25-40(34)48(43-28-14-24-38-39-30-29-32-17-7-8-21-35(32)45(39)49-46(38)43)42-27-13-23-37-36-22-10-12-26-41(36)47(44(37)42)33-18-5-2-6-19-33/h1-30H. The van der Waals surface area contributed by atoms with E-state index in [1.165, 1.54) is 21.7 Å². The highest BCUT2D eigenvalue weighted by atomic mass is 16.3. The number of benzene rings is 8. The first kappa shape index (κ1) is 27.5. The monoisotopic (exact) mass is 626 g/mol. The lowest BCUT2D eigenvalue weighted by Crippen LogP contribution is -2.13. The van der Waals surface area contributed by atoms with Crippen molar-refractivity contribution in [3.05, 3.63) is 182 Å². The highest BCUT2D eigenvalue weighted by Gasteiger charge is 2.26. The summed E-state index contributed by atoms with van der Waals surface area (Å²) in [6.45, 7) is 0. The molecule has 0 bridgehead atoms. The van der Waals surface area contributed by atoms with E-state index in [1.54, 1.807) is 0 Å². The molecule has 0 unspecified atom stereocenters. The average molecular weight is 627 g/mol. The molecule has 3 heteroatoms. The van der Waals surface area contributed by atoms with Gasteiger partial charge in [0, 0.05) is 38.2 Å². The van der Waals surface area contributed by atoms with Crippen LogP contribution >= 0.6 is 0 Å². The van der Waals surface area contributed by atoms with E-state index in [1.807, 2.05) is 0 Å². The van der Waals surface area contributed by atoms with E-state index in [9.17, 15) is 0 Å². The Bertz CT molecular complexity index is 2830. The molecule has 2 heterocycles. The summed E-state index contributed by atoms with van der Waals surface area (Å²) < 4.78 is 9.41. The van der Waals surface area contributed by atoms with E-state index < -0.39 is 0 Å². The van der Waals surface area contributed by atoms with E-state index in [2.05, 4.69) is 191 Å². The number of aromatic nitrogens is 1. The molecule has 0 saturated heterocycles. The summed E-state index contributed by atoms with van der Waals surface area (Å²) in [5, 5.41) is 6.90. The molecule has 3 nitrogen and oxygen atoms in total. The van der Waals surface area contributed by atoms with Crippen LogP contribution in [0.5, 0.6) is 0 Å². The van der Waals surface area contributed by atoms with Crippen LogP contribution in [-0.2, 0) is 0 Å². The summed E-state index contributed by atoms with van der Waals surface area (Å²) in [6.07, 6.45) is 0. The highest BCUT2D eigenvalue weighted by Crippen LogP contribution is 2.49. The lowest BCUT2D eigenvalue weighted by Gasteiger charge is -2.29. The van der Waals surface area contributed by atoms with Gasteiger partial charge in [-0.3, -0.25) is 0 Å². The fourth-order valence-corrected chi connectivity index (χ4v) is 7.63. The third-order valence-electron chi connectivity index (χ3n) is 9.77. The quantitative estimate of drug-likeness (QED) is 0.190. The van der Waals surface area contributed by atoms with Crippen molar-refractivity contribution in [2.75, 3.05) is 4.90 Å². The maximum absolute atomic E-state index is 7.00. The Morgan fingerprint density at radius 2 is 1.00 bits per heavy atom. The number of hydrogen-bond acceptors (Lipinski definition) is 2. The lowest BCUT2D eigenvalue weighted by atomic mass is 10.0. The minimum atomic E-state index is 0.857. The molecule has 10 aromatic rings. The molecule has 0 amide bonds. The van der Waals surface area contributed by atoms with Crippen molar-refractivity contribution in [3.8, 4) is 16.8 Å². The van der Waals surface area contributed by atoms with Gasteiger partial charge in [0.25, 0.3) is 0 Å². The third kappa shape index (κ3) is 4.23. The second-order valence-electron chi connectivity index (χ2n) is 12.5. The first-order valence-corrected chi connectivity index (χ1v) is 16.7. The fraction of sp³-hybridized carbons (Fsp3) is 0. The van der Waals surface area contributed by atoms with Gasteiger partial charge in [0.15, 0.2) is 5.58 Å². The van der Waals surface area contributed by atoms with Crippen LogP contribution < -0.4 is 4.90 Å². The van der Waals surface area contributed by atoms with Crippen molar-refractivity contribution >= 4 is 71.6 Å². The lowest BCUT2D eigenvalue weighted by molar-refractivity contribution is 0.673. The molecular weight excluding hydrogens is 597 g/mol. The van der Waals surface area contributed by atoms with E-state index in [4.69, 9.17) is 4.42 Å². The topological polar surface area (TPSA) is 21.3 Å². The Labute approximate surface area is 283 Å². The van der Waals surface area contributed by atoms with Gasteiger partial charge in [0.1, 0.15) is 5.58 Å². The molecular formula is C46H30N2O. The van der Waals surface area contributed by atoms with Crippen LogP contribution in [0.2, 0.25) is 0 Å². The zero-order valence-corrected chi connectivity index (χ0v) is 26.6. The number of para-hydroxylation sites is 5. The van der Waals surface area contributed by atoms with Crippen molar-refractivity contribution in [3.63, 3.8) is 0 Å². The van der Waals surface area contributed by atoms with Crippen molar-refractivity contribution < 1.29 is 4.42 Å². The average Bonchev–Trinajstić information content (AvgIpc) is 3.73. The highest BCUT2D eigenvalue weighted by molar-refractivity contribution is 6.19. The number of hydrogen-bond donors (Lipinski definition) is 0. The number of furan rings is 1. The zero-order chi connectivity index (χ0) is 32.3. The molecule has 0 aliphatic heterocycles. The molecule has 8 aromatic carbocycles. The molecule has 2 aromatic heterocycles. The molecule has 0 radical (unpaired) electrons. The summed E-state index contributed by atoms with van der Waals surface area (Å²) in [5.41, 5.74) is 10.6. The SMILES string of the molecule is c1ccc(-c2ccccc2N(c2cccc3c2oc2c4ccccc4ccc32)c2cccc3c4ccccc4n(-c4ccccc4)c23)cc1. The van der Waals surface area contributed by atoms with Crippen LogP contribution in [0, 0.1) is 0 Å². The Balaban J connectivity index is 1.36. The van der Waals surface area contributed by atoms with Gasteiger partial charge in [0.05, 0.1) is 28.1 Å². The van der Waals surface area contributed by atoms with Gasteiger partial charge in [-0.05, 0) is 53.4 Å². The summed E-state index contributed by atoms with van der Waals surface area (Å²) in [4.78, 5) is 2.41. The van der Waals surface area contributed by atoms with Crippen molar-refractivity contribution in [2.45, 2.75) is 0 Å². The molecule has 0 N–H and O–H groups in total. The van der Waals surface area contributed by atoms with Gasteiger partial charge in [-0.15, -0.1) is 0 Å². The van der Waals surface area contributed by atoms with Gasteiger partial charge in [-0.25, -0.2) is 0 Å². The van der Waals surface area contributed by atoms with Crippen LogP contribution in [-0.4, -0.2) is 4.57 Å². The summed E-state index contributed by atoms with van der Waals surface area (Å²) in [7, 11) is 0. The maximum atomic E-state index is 7.00. The smallest absolute Gasteiger partial charge is 0.159 e. The second-order valence-corrected chi connectivity index (χ2v) is 12.5. The van der Waals surface area contributed by atoms with Crippen molar-refractivity contribution in [2.24, 2.45) is 0 Å². The van der Waals surface area contributed by atoms with Crippen LogP contribution in [0.4, 0.5) is 17.1 Å². The number of anilines is 3. The molecule has 10 rings (SSSR count). The zero-order valence-electron chi connectivity index (χ0n) is 26.6. The van der Waals surface area contributed by atoms with Crippen LogP contribution in [0.1, 0.15) is 0 Å². The molecule has 0 atom stereocenters. The number of fused-ring (bicyclic) bond motifs is 8. The molecule has 0 aliphatic carbocycles.